The first kappa shape index (κ1) is 14.5. The molecule has 1 aromatic rings. The van der Waals surface area contributed by atoms with Crippen molar-refractivity contribution in [3.05, 3.63) is 16.9 Å². The fraction of sp³-hybridized carbons (Fsp3) is 0.750. The normalized spacial score (nSPS) is 14.9. The maximum Gasteiger partial charge on any atom is 0.123 e. The van der Waals surface area contributed by atoms with Crippen LogP contribution in [0.3, 0.4) is 0 Å². The second-order valence-electron chi connectivity index (χ2n) is 3.92. The van der Waals surface area contributed by atoms with E-state index >= 15 is 0 Å². The third kappa shape index (κ3) is 3.44. The van der Waals surface area contributed by atoms with E-state index in [4.69, 9.17) is 16.3 Å². The number of aliphatic hydroxyl groups is 1. The Morgan fingerprint density at radius 2 is 2.18 bits per heavy atom. The Balaban J connectivity index is 2.90. The SMILES string of the molecule is CCCC(OCC)C(O)c1c(Cl)cnn1CC. The smallest absolute Gasteiger partial charge is 0.123 e. The molecule has 4 nitrogen and oxygen atoms in total. The van der Waals surface area contributed by atoms with Gasteiger partial charge in [-0.15, -0.1) is 0 Å². The fourth-order valence-corrected chi connectivity index (χ4v) is 2.18. The molecule has 1 rings (SSSR count). The van der Waals surface area contributed by atoms with E-state index in [0.717, 1.165) is 12.8 Å². The third-order valence-electron chi connectivity index (χ3n) is 2.72. The van der Waals surface area contributed by atoms with Crippen LogP contribution in [0.1, 0.15) is 45.4 Å². The minimum Gasteiger partial charge on any atom is -0.384 e. The largest absolute Gasteiger partial charge is 0.384 e. The van der Waals surface area contributed by atoms with Crippen LogP contribution in [0, 0.1) is 0 Å². The van der Waals surface area contributed by atoms with Crippen LogP contribution in [0.15, 0.2) is 6.20 Å². The molecule has 1 heterocycles. The molecule has 17 heavy (non-hydrogen) atoms. The molecule has 0 fully saturated rings. The Kier molecular flexibility index (Phi) is 5.95. The Bertz CT molecular complexity index is 335. The van der Waals surface area contributed by atoms with Crippen LogP contribution >= 0.6 is 11.6 Å². The van der Waals surface area contributed by atoms with Gasteiger partial charge in [0.05, 0.1) is 23.0 Å². The lowest BCUT2D eigenvalue weighted by Gasteiger charge is -2.23. The summed E-state index contributed by atoms with van der Waals surface area (Å²) in [4.78, 5) is 0. The van der Waals surface area contributed by atoms with Crippen molar-refractivity contribution in [2.24, 2.45) is 0 Å². The van der Waals surface area contributed by atoms with Crippen molar-refractivity contribution in [2.45, 2.75) is 52.4 Å². The first-order valence-electron chi connectivity index (χ1n) is 6.16. The van der Waals surface area contributed by atoms with E-state index in [1.165, 1.54) is 0 Å². The topological polar surface area (TPSA) is 47.3 Å². The van der Waals surface area contributed by atoms with E-state index in [1.807, 2.05) is 13.8 Å². The van der Waals surface area contributed by atoms with Crippen LogP contribution < -0.4 is 0 Å². The van der Waals surface area contributed by atoms with Gasteiger partial charge in [0.15, 0.2) is 0 Å². The van der Waals surface area contributed by atoms with Gasteiger partial charge in [0.2, 0.25) is 0 Å². The third-order valence-corrected chi connectivity index (χ3v) is 3.01. The van der Waals surface area contributed by atoms with E-state index in [-0.39, 0.29) is 6.10 Å². The quantitative estimate of drug-likeness (QED) is 0.820. The van der Waals surface area contributed by atoms with E-state index < -0.39 is 6.10 Å². The highest BCUT2D eigenvalue weighted by atomic mass is 35.5. The number of aromatic nitrogens is 2. The molecule has 0 spiro atoms. The number of hydrogen-bond donors (Lipinski definition) is 1. The Hall–Kier alpha value is -0.580. The summed E-state index contributed by atoms with van der Waals surface area (Å²) in [5.41, 5.74) is 0.654. The summed E-state index contributed by atoms with van der Waals surface area (Å²) >= 11 is 6.06. The predicted octanol–water partition coefficient (Wildman–Crippen LogP) is 2.80. The first-order valence-corrected chi connectivity index (χ1v) is 6.54. The van der Waals surface area contributed by atoms with Crippen LogP contribution in [-0.4, -0.2) is 27.6 Å². The highest BCUT2D eigenvalue weighted by Gasteiger charge is 2.26. The van der Waals surface area contributed by atoms with Crippen molar-refractivity contribution in [1.82, 2.24) is 9.78 Å². The number of aryl methyl sites for hydroxylation is 1. The van der Waals surface area contributed by atoms with Gasteiger partial charge in [-0.05, 0) is 20.3 Å². The lowest BCUT2D eigenvalue weighted by Crippen LogP contribution is -2.25. The number of halogens is 1. The van der Waals surface area contributed by atoms with Crippen molar-refractivity contribution < 1.29 is 9.84 Å². The average Bonchev–Trinajstić information content (AvgIpc) is 2.69. The molecule has 1 N–H and O–H groups in total. The van der Waals surface area contributed by atoms with Crippen LogP contribution in [0.5, 0.6) is 0 Å². The zero-order valence-corrected chi connectivity index (χ0v) is 11.4. The molecule has 0 aliphatic carbocycles. The first-order chi connectivity index (χ1) is 8.15. The molecular weight excluding hydrogens is 240 g/mol. The zero-order chi connectivity index (χ0) is 12.8. The van der Waals surface area contributed by atoms with Crippen molar-refractivity contribution in [3.63, 3.8) is 0 Å². The molecule has 1 aromatic heterocycles. The molecule has 0 radical (unpaired) electrons. The van der Waals surface area contributed by atoms with Gasteiger partial charge in [-0.25, -0.2) is 0 Å². The summed E-state index contributed by atoms with van der Waals surface area (Å²) in [5.74, 6) is 0. The van der Waals surface area contributed by atoms with Gasteiger partial charge in [-0.2, -0.15) is 5.10 Å². The van der Waals surface area contributed by atoms with Crippen LogP contribution in [0.2, 0.25) is 5.02 Å². The zero-order valence-electron chi connectivity index (χ0n) is 10.7. The summed E-state index contributed by atoms with van der Waals surface area (Å²) in [6.07, 6.45) is 2.40. The molecule has 2 atom stereocenters. The maximum absolute atomic E-state index is 10.4. The van der Waals surface area contributed by atoms with E-state index in [1.54, 1.807) is 10.9 Å². The van der Waals surface area contributed by atoms with Crippen LogP contribution in [0.25, 0.3) is 0 Å². The van der Waals surface area contributed by atoms with E-state index in [9.17, 15) is 5.11 Å². The molecule has 0 bridgehead atoms. The summed E-state index contributed by atoms with van der Waals surface area (Å²) < 4.78 is 7.29. The molecule has 0 amide bonds. The molecule has 0 aliphatic heterocycles. The molecular formula is C12H21ClN2O2. The highest BCUT2D eigenvalue weighted by molar-refractivity contribution is 6.31. The second kappa shape index (κ2) is 6.99. The maximum atomic E-state index is 10.4. The Morgan fingerprint density at radius 1 is 1.47 bits per heavy atom. The van der Waals surface area contributed by atoms with Gasteiger partial charge in [0.25, 0.3) is 0 Å². The van der Waals surface area contributed by atoms with Gasteiger partial charge in [-0.3, -0.25) is 4.68 Å². The minimum atomic E-state index is -0.718. The summed E-state index contributed by atoms with van der Waals surface area (Å²) in [6.45, 7) is 7.23. The molecule has 0 saturated heterocycles. The molecule has 0 aliphatic rings. The van der Waals surface area contributed by atoms with Gasteiger partial charge < -0.3 is 9.84 Å². The number of aliphatic hydroxyl groups excluding tert-OH is 1. The van der Waals surface area contributed by atoms with Gasteiger partial charge in [-0.1, -0.05) is 24.9 Å². The van der Waals surface area contributed by atoms with Gasteiger partial charge in [0.1, 0.15) is 6.10 Å². The standard InChI is InChI=1S/C12H21ClN2O2/c1-4-7-10(17-6-3)12(16)11-9(13)8-14-15(11)5-2/h8,10,12,16H,4-7H2,1-3H3. The lowest BCUT2D eigenvalue weighted by molar-refractivity contribution is -0.0418. The Labute approximate surface area is 108 Å². The number of ether oxygens (including phenoxy) is 1. The minimum absolute atomic E-state index is 0.218. The number of rotatable bonds is 7. The van der Waals surface area contributed by atoms with Crippen LogP contribution in [0.4, 0.5) is 0 Å². The Morgan fingerprint density at radius 3 is 2.71 bits per heavy atom. The predicted molar refractivity (Wildman–Crippen MR) is 68.2 cm³/mol. The second-order valence-corrected chi connectivity index (χ2v) is 4.33. The van der Waals surface area contributed by atoms with Crippen molar-refractivity contribution in [1.29, 1.82) is 0 Å². The average molecular weight is 261 g/mol. The summed E-state index contributed by atoms with van der Waals surface area (Å²) in [7, 11) is 0. The van der Waals surface area contributed by atoms with Crippen LogP contribution in [-0.2, 0) is 11.3 Å². The summed E-state index contributed by atoms with van der Waals surface area (Å²) in [5, 5.41) is 15.0. The monoisotopic (exact) mass is 260 g/mol. The summed E-state index contributed by atoms with van der Waals surface area (Å²) in [6, 6.07) is 0. The molecule has 5 heteroatoms. The molecule has 2 unspecified atom stereocenters. The van der Waals surface area contributed by atoms with Crippen molar-refractivity contribution in [2.75, 3.05) is 6.61 Å². The van der Waals surface area contributed by atoms with Gasteiger partial charge in [0, 0.05) is 13.2 Å². The van der Waals surface area contributed by atoms with E-state index in [0.29, 0.717) is 23.9 Å². The molecule has 0 saturated carbocycles. The van der Waals surface area contributed by atoms with Crippen molar-refractivity contribution >= 4 is 11.6 Å². The molecule has 0 aromatic carbocycles. The fourth-order valence-electron chi connectivity index (χ4n) is 1.92. The van der Waals surface area contributed by atoms with Gasteiger partial charge >= 0.3 is 0 Å². The lowest BCUT2D eigenvalue weighted by atomic mass is 10.1. The van der Waals surface area contributed by atoms with E-state index in [2.05, 4.69) is 12.0 Å². The molecule has 98 valence electrons. The van der Waals surface area contributed by atoms with Crippen molar-refractivity contribution in [3.8, 4) is 0 Å². The number of hydrogen-bond acceptors (Lipinski definition) is 3. The highest BCUT2D eigenvalue weighted by Crippen LogP contribution is 2.28. The number of nitrogens with zero attached hydrogens (tertiary/aromatic N) is 2.